The summed E-state index contributed by atoms with van der Waals surface area (Å²) < 4.78 is 16.7. The first-order chi connectivity index (χ1) is 16.2. The molecule has 33 heavy (non-hydrogen) atoms. The summed E-state index contributed by atoms with van der Waals surface area (Å²) >= 11 is 0. The average molecular weight is 450 g/mol. The molecule has 0 aliphatic carbocycles. The van der Waals surface area contributed by atoms with E-state index in [1.165, 1.54) is 6.42 Å². The van der Waals surface area contributed by atoms with Crippen molar-refractivity contribution in [2.24, 2.45) is 0 Å². The van der Waals surface area contributed by atoms with E-state index in [9.17, 15) is 4.79 Å². The lowest BCUT2D eigenvalue weighted by Crippen LogP contribution is -2.35. The molecule has 1 fully saturated rings. The van der Waals surface area contributed by atoms with Crippen LogP contribution in [0.5, 0.6) is 5.75 Å². The predicted octanol–water partition coefficient (Wildman–Crippen LogP) is 4.63. The Balaban J connectivity index is 1.72. The molecule has 1 aromatic heterocycles. The molecule has 7 heteroatoms. The Bertz CT molecular complexity index is 1040. The summed E-state index contributed by atoms with van der Waals surface area (Å²) in [6.07, 6.45) is 3.46. The van der Waals surface area contributed by atoms with Gasteiger partial charge in [-0.1, -0.05) is 47.6 Å². The molecule has 0 spiro atoms. The zero-order valence-corrected chi connectivity index (χ0v) is 19.3. The number of nitrogens with zero attached hydrogens (tertiary/aromatic N) is 3. The molecule has 1 aliphatic rings. The SMILES string of the molecule is COCCN(Cc1c(-c2ccccc2)noc1N1CCCCC1)C(=O)c1ccccc1OC. The molecular formula is C26H31N3O4. The number of benzene rings is 2. The normalized spacial score (nSPS) is 13.7. The van der Waals surface area contributed by atoms with Crippen molar-refractivity contribution in [3.63, 3.8) is 0 Å². The van der Waals surface area contributed by atoms with Gasteiger partial charge in [-0.25, -0.2) is 0 Å². The summed E-state index contributed by atoms with van der Waals surface area (Å²) in [6.45, 7) is 3.07. The monoisotopic (exact) mass is 449 g/mol. The zero-order valence-electron chi connectivity index (χ0n) is 19.3. The van der Waals surface area contributed by atoms with Gasteiger partial charge in [-0.3, -0.25) is 4.79 Å². The van der Waals surface area contributed by atoms with Gasteiger partial charge >= 0.3 is 0 Å². The summed E-state index contributed by atoms with van der Waals surface area (Å²) in [5, 5.41) is 4.45. The highest BCUT2D eigenvalue weighted by molar-refractivity contribution is 5.97. The molecule has 4 rings (SSSR count). The van der Waals surface area contributed by atoms with E-state index in [0.29, 0.717) is 31.0 Å². The maximum absolute atomic E-state index is 13.6. The van der Waals surface area contributed by atoms with Crippen molar-refractivity contribution in [1.82, 2.24) is 10.1 Å². The van der Waals surface area contributed by atoms with Crippen LogP contribution in [-0.2, 0) is 11.3 Å². The van der Waals surface area contributed by atoms with Crippen LogP contribution in [0, 0.1) is 0 Å². The van der Waals surface area contributed by atoms with Crippen LogP contribution >= 0.6 is 0 Å². The van der Waals surface area contributed by atoms with Gasteiger partial charge in [0, 0.05) is 32.3 Å². The number of ether oxygens (including phenoxy) is 2. The third-order valence-corrected chi connectivity index (χ3v) is 6.00. The number of methoxy groups -OCH3 is 2. The van der Waals surface area contributed by atoms with Crippen molar-refractivity contribution in [2.45, 2.75) is 25.8 Å². The fourth-order valence-electron chi connectivity index (χ4n) is 4.25. The Morgan fingerprint density at radius 3 is 2.48 bits per heavy atom. The van der Waals surface area contributed by atoms with Gasteiger partial charge in [-0.05, 0) is 31.4 Å². The first-order valence-corrected chi connectivity index (χ1v) is 11.4. The largest absolute Gasteiger partial charge is 0.496 e. The molecule has 174 valence electrons. The molecule has 0 bridgehead atoms. The highest BCUT2D eigenvalue weighted by Gasteiger charge is 2.28. The Kier molecular flexibility index (Phi) is 7.62. The predicted molar refractivity (Wildman–Crippen MR) is 128 cm³/mol. The molecule has 1 saturated heterocycles. The van der Waals surface area contributed by atoms with E-state index < -0.39 is 0 Å². The Labute approximate surface area is 194 Å². The van der Waals surface area contributed by atoms with Gasteiger partial charge in [0.15, 0.2) is 0 Å². The summed E-state index contributed by atoms with van der Waals surface area (Å²) in [5.41, 5.74) is 3.18. The van der Waals surface area contributed by atoms with Gasteiger partial charge in [-0.2, -0.15) is 0 Å². The van der Waals surface area contributed by atoms with E-state index in [4.69, 9.17) is 14.0 Å². The minimum atomic E-state index is -0.116. The zero-order chi connectivity index (χ0) is 23.0. The van der Waals surface area contributed by atoms with Crippen molar-refractivity contribution in [2.75, 3.05) is 45.4 Å². The quantitative estimate of drug-likeness (QED) is 0.475. The van der Waals surface area contributed by atoms with E-state index in [0.717, 1.165) is 48.6 Å². The number of anilines is 1. The summed E-state index contributed by atoms with van der Waals surface area (Å²) in [5.74, 6) is 1.19. The van der Waals surface area contributed by atoms with Gasteiger partial charge < -0.3 is 23.8 Å². The lowest BCUT2D eigenvalue weighted by molar-refractivity contribution is 0.0677. The maximum Gasteiger partial charge on any atom is 0.258 e. The van der Waals surface area contributed by atoms with Gasteiger partial charge in [0.05, 0.1) is 31.4 Å². The van der Waals surface area contributed by atoms with Gasteiger partial charge in [-0.15, -0.1) is 0 Å². The second-order valence-electron chi connectivity index (χ2n) is 8.15. The van der Waals surface area contributed by atoms with Crippen molar-refractivity contribution >= 4 is 11.8 Å². The van der Waals surface area contributed by atoms with Gasteiger partial charge in [0.2, 0.25) is 5.88 Å². The Morgan fingerprint density at radius 1 is 1.03 bits per heavy atom. The third kappa shape index (κ3) is 5.20. The second kappa shape index (κ2) is 11.0. The summed E-state index contributed by atoms with van der Waals surface area (Å²) in [7, 11) is 3.22. The van der Waals surface area contributed by atoms with Crippen LogP contribution in [0.3, 0.4) is 0 Å². The highest BCUT2D eigenvalue weighted by atomic mass is 16.5. The molecule has 1 aliphatic heterocycles. The van der Waals surface area contributed by atoms with Crippen molar-refractivity contribution in [3.05, 3.63) is 65.7 Å². The summed E-state index contributed by atoms with van der Waals surface area (Å²) in [6, 6.07) is 17.3. The lowest BCUT2D eigenvalue weighted by Gasteiger charge is -2.28. The molecule has 7 nitrogen and oxygen atoms in total. The van der Waals surface area contributed by atoms with Crippen LogP contribution in [-0.4, -0.2) is 56.4 Å². The molecule has 3 aromatic rings. The molecule has 0 radical (unpaired) electrons. The number of hydrogen-bond donors (Lipinski definition) is 0. The molecule has 2 aromatic carbocycles. The fraction of sp³-hybridized carbons (Fsp3) is 0.385. The van der Waals surface area contributed by atoms with Crippen LogP contribution in [0.1, 0.15) is 35.2 Å². The average Bonchev–Trinajstić information content (AvgIpc) is 3.30. The number of rotatable bonds is 9. The maximum atomic E-state index is 13.6. The third-order valence-electron chi connectivity index (χ3n) is 6.00. The smallest absolute Gasteiger partial charge is 0.258 e. The molecule has 0 N–H and O–H groups in total. The second-order valence-corrected chi connectivity index (χ2v) is 8.15. The number of piperidine rings is 1. The Hall–Kier alpha value is -3.32. The number of amides is 1. The highest BCUT2D eigenvalue weighted by Crippen LogP contribution is 2.34. The molecule has 2 heterocycles. The molecule has 0 unspecified atom stereocenters. The molecular weight excluding hydrogens is 418 g/mol. The number of aromatic nitrogens is 1. The molecule has 0 saturated carbocycles. The standard InChI is InChI=1S/C26H31N3O4/c1-31-18-17-29(25(30)21-13-7-8-14-23(21)32-2)19-22-24(20-11-5-3-6-12-20)27-33-26(22)28-15-9-4-10-16-28/h3,5-8,11-14H,4,9-10,15-19H2,1-2H3. The first-order valence-electron chi connectivity index (χ1n) is 11.4. The number of carbonyl (C=O) groups is 1. The Morgan fingerprint density at radius 2 is 1.76 bits per heavy atom. The van der Waals surface area contributed by atoms with E-state index in [1.54, 1.807) is 31.3 Å². The van der Waals surface area contributed by atoms with Crippen molar-refractivity contribution < 1.29 is 18.8 Å². The molecule has 1 amide bonds. The lowest BCUT2D eigenvalue weighted by atomic mass is 10.0. The van der Waals surface area contributed by atoms with Crippen LogP contribution in [0.2, 0.25) is 0 Å². The topological polar surface area (TPSA) is 68.0 Å². The van der Waals surface area contributed by atoms with Crippen molar-refractivity contribution in [3.8, 4) is 17.0 Å². The van der Waals surface area contributed by atoms with Crippen LogP contribution < -0.4 is 9.64 Å². The number of carbonyl (C=O) groups excluding carboxylic acids is 1. The van der Waals surface area contributed by atoms with Gasteiger partial charge in [0.25, 0.3) is 5.91 Å². The van der Waals surface area contributed by atoms with Crippen molar-refractivity contribution in [1.29, 1.82) is 0 Å². The van der Waals surface area contributed by atoms with E-state index >= 15 is 0 Å². The van der Waals surface area contributed by atoms with Crippen LogP contribution in [0.4, 0.5) is 5.88 Å². The van der Waals surface area contributed by atoms with E-state index in [-0.39, 0.29) is 5.91 Å². The summed E-state index contributed by atoms with van der Waals surface area (Å²) in [4.78, 5) is 17.7. The fourth-order valence-corrected chi connectivity index (χ4v) is 4.25. The minimum absolute atomic E-state index is 0.116. The van der Waals surface area contributed by atoms with Gasteiger partial charge in [0.1, 0.15) is 11.4 Å². The number of hydrogen-bond acceptors (Lipinski definition) is 6. The molecule has 0 atom stereocenters. The number of para-hydroxylation sites is 1. The van der Waals surface area contributed by atoms with Crippen LogP contribution in [0.15, 0.2) is 59.1 Å². The van der Waals surface area contributed by atoms with Crippen LogP contribution in [0.25, 0.3) is 11.3 Å². The van der Waals surface area contributed by atoms with E-state index in [2.05, 4.69) is 10.1 Å². The first kappa shape index (κ1) is 22.9. The minimum Gasteiger partial charge on any atom is -0.496 e. The van der Waals surface area contributed by atoms with E-state index in [1.807, 2.05) is 42.5 Å².